The summed E-state index contributed by atoms with van der Waals surface area (Å²) in [5.41, 5.74) is 0.325. The first kappa shape index (κ1) is 16.7. The SMILES string of the molecule is CC(C)N1C(=O)c2ccc(C(=O)NCc3cccs3)cc2S1(=O)=O. The van der Waals surface area contributed by atoms with Gasteiger partial charge in [0.1, 0.15) is 4.90 Å². The maximum atomic E-state index is 12.5. The first-order chi connectivity index (χ1) is 11.3. The molecule has 1 aromatic heterocycles. The summed E-state index contributed by atoms with van der Waals surface area (Å²) < 4.78 is 25.9. The summed E-state index contributed by atoms with van der Waals surface area (Å²) in [6, 6.07) is 7.45. The second-order valence-electron chi connectivity index (χ2n) is 5.67. The van der Waals surface area contributed by atoms with Gasteiger partial charge >= 0.3 is 0 Å². The normalized spacial score (nSPS) is 15.6. The Kier molecular flexibility index (Phi) is 4.18. The van der Waals surface area contributed by atoms with Gasteiger partial charge in [0.2, 0.25) is 0 Å². The topological polar surface area (TPSA) is 83.6 Å². The molecule has 2 aromatic rings. The summed E-state index contributed by atoms with van der Waals surface area (Å²) in [4.78, 5) is 25.4. The highest BCUT2D eigenvalue weighted by Crippen LogP contribution is 2.32. The van der Waals surface area contributed by atoms with Crippen molar-refractivity contribution in [1.82, 2.24) is 9.62 Å². The quantitative estimate of drug-likeness (QED) is 0.902. The molecule has 0 saturated heterocycles. The zero-order chi connectivity index (χ0) is 17.5. The molecule has 0 unspecified atom stereocenters. The number of hydrogen-bond acceptors (Lipinski definition) is 5. The van der Waals surface area contributed by atoms with Crippen LogP contribution in [0.15, 0.2) is 40.6 Å². The van der Waals surface area contributed by atoms with Crippen LogP contribution in [0.25, 0.3) is 0 Å². The molecule has 3 rings (SSSR count). The van der Waals surface area contributed by atoms with Gasteiger partial charge in [0.25, 0.3) is 21.8 Å². The number of nitrogens with one attached hydrogen (secondary N) is 1. The predicted molar refractivity (Wildman–Crippen MR) is 90.4 cm³/mol. The molecule has 0 fully saturated rings. The van der Waals surface area contributed by atoms with Gasteiger partial charge in [0, 0.05) is 16.5 Å². The van der Waals surface area contributed by atoms with Gasteiger partial charge in [-0.25, -0.2) is 12.7 Å². The Morgan fingerprint density at radius 3 is 2.67 bits per heavy atom. The zero-order valence-corrected chi connectivity index (χ0v) is 14.8. The molecule has 2 amide bonds. The van der Waals surface area contributed by atoms with Crippen molar-refractivity contribution in [3.8, 4) is 0 Å². The average molecular weight is 364 g/mol. The van der Waals surface area contributed by atoms with Crippen LogP contribution in [-0.4, -0.2) is 30.6 Å². The standard InChI is InChI=1S/C16H16N2O4S2/c1-10(2)18-16(20)13-6-5-11(8-14(13)24(18,21)22)15(19)17-9-12-4-3-7-23-12/h3-8,10H,9H2,1-2H3,(H,17,19). The van der Waals surface area contributed by atoms with Crippen LogP contribution >= 0.6 is 11.3 Å². The lowest BCUT2D eigenvalue weighted by atomic mass is 10.1. The third-order valence-corrected chi connectivity index (χ3v) is 6.56. The Morgan fingerprint density at radius 1 is 1.29 bits per heavy atom. The largest absolute Gasteiger partial charge is 0.347 e. The van der Waals surface area contributed by atoms with Crippen molar-refractivity contribution >= 4 is 33.2 Å². The molecule has 0 atom stereocenters. The number of nitrogens with zero attached hydrogens (tertiary/aromatic N) is 1. The van der Waals surface area contributed by atoms with Crippen molar-refractivity contribution in [1.29, 1.82) is 0 Å². The van der Waals surface area contributed by atoms with E-state index in [2.05, 4.69) is 5.32 Å². The highest BCUT2D eigenvalue weighted by Gasteiger charge is 2.42. The Labute approximate surface area is 144 Å². The van der Waals surface area contributed by atoms with Gasteiger partial charge < -0.3 is 5.32 Å². The van der Waals surface area contributed by atoms with E-state index >= 15 is 0 Å². The summed E-state index contributed by atoms with van der Waals surface area (Å²) in [7, 11) is -3.90. The van der Waals surface area contributed by atoms with Crippen molar-refractivity contribution in [2.24, 2.45) is 0 Å². The zero-order valence-electron chi connectivity index (χ0n) is 13.1. The maximum Gasteiger partial charge on any atom is 0.269 e. The molecule has 1 aliphatic heterocycles. The highest BCUT2D eigenvalue weighted by atomic mass is 32.2. The lowest BCUT2D eigenvalue weighted by molar-refractivity contribution is 0.0845. The fraction of sp³-hybridized carbons (Fsp3) is 0.250. The molecule has 126 valence electrons. The fourth-order valence-electron chi connectivity index (χ4n) is 2.58. The van der Waals surface area contributed by atoms with Crippen molar-refractivity contribution in [3.63, 3.8) is 0 Å². The molecule has 1 aromatic carbocycles. The summed E-state index contributed by atoms with van der Waals surface area (Å²) >= 11 is 1.52. The number of sulfonamides is 1. The van der Waals surface area contributed by atoms with Gasteiger partial charge in [-0.05, 0) is 43.5 Å². The van der Waals surface area contributed by atoms with Crippen LogP contribution in [0.4, 0.5) is 0 Å². The Balaban J connectivity index is 1.89. The molecular formula is C16H16N2O4S2. The summed E-state index contributed by atoms with van der Waals surface area (Å²) in [6.45, 7) is 3.64. The molecule has 6 nitrogen and oxygen atoms in total. The van der Waals surface area contributed by atoms with Gasteiger partial charge in [0.15, 0.2) is 0 Å². The van der Waals surface area contributed by atoms with Gasteiger partial charge in [-0.15, -0.1) is 11.3 Å². The molecule has 1 aliphatic rings. The highest BCUT2D eigenvalue weighted by molar-refractivity contribution is 7.90. The smallest absolute Gasteiger partial charge is 0.269 e. The van der Waals surface area contributed by atoms with Crippen molar-refractivity contribution < 1.29 is 18.0 Å². The molecule has 24 heavy (non-hydrogen) atoms. The first-order valence-electron chi connectivity index (χ1n) is 7.36. The van der Waals surface area contributed by atoms with Crippen molar-refractivity contribution in [2.45, 2.75) is 31.3 Å². The van der Waals surface area contributed by atoms with E-state index < -0.39 is 22.0 Å². The van der Waals surface area contributed by atoms with Crippen LogP contribution in [0.3, 0.4) is 0 Å². The number of thiophene rings is 1. The van der Waals surface area contributed by atoms with Crippen molar-refractivity contribution in [3.05, 3.63) is 51.7 Å². The van der Waals surface area contributed by atoms with Crippen LogP contribution < -0.4 is 5.32 Å². The minimum atomic E-state index is -3.90. The number of rotatable bonds is 4. The monoisotopic (exact) mass is 364 g/mol. The lowest BCUT2D eigenvalue weighted by Crippen LogP contribution is -2.36. The second-order valence-corrected chi connectivity index (χ2v) is 8.49. The Morgan fingerprint density at radius 2 is 2.04 bits per heavy atom. The second kappa shape index (κ2) is 6.03. The molecule has 0 spiro atoms. The van der Waals surface area contributed by atoms with Crippen LogP contribution in [0.5, 0.6) is 0 Å². The molecular weight excluding hydrogens is 348 g/mol. The molecule has 0 radical (unpaired) electrons. The van der Waals surface area contributed by atoms with Gasteiger partial charge in [0.05, 0.1) is 12.1 Å². The van der Waals surface area contributed by atoms with E-state index in [0.29, 0.717) is 6.54 Å². The number of hydrogen-bond donors (Lipinski definition) is 1. The maximum absolute atomic E-state index is 12.5. The van der Waals surface area contributed by atoms with E-state index in [1.807, 2.05) is 17.5 Å². The molecule has 0 saturated carbocycles. The van der Waals surface area contributed by atoms with E-state index in [0.717, 1.165) is 9.18 Å². The number of carbonyl (C=O) groups is 2. The van der Waals surface area contributed by atoms with Crippen LogP contribution in [0.1, 0.15) is 39.4 Å². The van der Waals surface area contributed by atoms with E-state index in [4.69, 9.17) is 0 Å². The number of carbonyl (C=O) groups excluding carboxylic acids is 2. The van der Waals surface area contributed by atoms with Gasteiger partial charge in [-0.2, -0.15) is 0 Å². The third-order valence-electron chi connectivity index (χ3n) is 3.68. The number of amides is 2. The molecule has 1 N–H and O–H groups in total. The molecule has 0 bridgehead atoms. The number of benzene rings is 1. The van der Waals surface area contributed by atoms with Gasteiger partial charge in [-0.3, -0.25) is 9.59 Å². The Hall–Kier alpha value is -2.19. The molecule has 8 heteroatoms. The molecule has 0 aliphatic carbocycles. The predicted octanol–water partition coefficient (Wildman–Crippen LogP) is 2.23. The van der Waals surface area contributed by atoms with Crippen LogP contribution in [0.2, 0.25) is 0 Å². The summed E-state index contributed by atoms with van der Waals surface area (Å²) in [6.07, 6.45) is 0. The first-order valence-corrected chi connectivity index (χ1v) is 9.67. The average Bonchev–Trinajstić information content (AvgIpc) is 3.10. The van der Waals surface area contributed by atoms with Gasteiger partial charge in [-0.1, -0.05) is 6.07 Å². The van der Waals surface area contributed by atoms with E-state index in [-0.39, 0.29) is 21.9 Å². The van der Waals surface area contributed by atoms with E-state index in [1.54, 1.807) is 13.8 Å². The van der Waals surface area contributed by atoms with Crippen LogP contribution in [0, 0.1) is 0 Å². The minimum absolute atomic E-state index is 0.107. The fourth-order valence-corrected chi connectivity index (χ4v) is 5.02. The van der Waals surface area contributed by atoms with E-state index in [9.17, 15) is 18.0 Å². The third kappa shape index (κ3) is 2.71. The summed E-state index contributed by atoms with van der Waals surface area (Å²) in [5, 5.41) is 4.66. The van der Waals surface area contributed by atoms with Crippen LogP contribution in [-0.2, 0) is 16.6 Å². The lowest BCUT2D eigenvalue weighted by Gasteiger charge is -2.18. The summed E-state index contributed by atoms with van der Waals surface area (Å²) in [5.74, 6) is -0.928. The number of fused-ring (bicyclic) bond motifs is 1. The van der Waals surface area contributed by atoms with Crippen molar-refractivity contribution in [2.75, 3.05) is 0 Å². The molecule has 2 heterocycles. The Bertz CT molecular complexity index is 902. The minimum Gasteiger partial charge on any atom is -0.347 e. The van der Waals surface area contributed by atoms with E-state index in [1.165, 1.54) is 29.5 Å².